The van der Waals surface area contributed by atoms with Crippen LogP contribution in [0.1, 0.15) is 13.8 Å². The predicted molar refractivity (Wildman–Crippen MR) is 79.0 cm³/mol. The van der Waals surface area contributed by atoms with E-state index in [1.54, 1.807) is 18.2 Å². The van der Waals surface area contributed by atoms with Crippen LogP contribution < -0.4 is 4.72 Å². The maximum absolute atomic E-state index is 12.2. The number of rotatable bonds is 6. The standard InChI is InChI=1S/C13H21ClN2O2S/c1-13(2,10-16(3)4)9-15-19(17,18)12-8-6-5-7-11(12)14/h5-8,15H,9-10H2,1-4H3. The first-order valence-electron chi connectivity index (χ1n) is 6.03. The molecule has 108 valence electrons. The number of hydrogen-bond donors (Lipinski definition) is 1. The molecular weight excluding hydrogens is 284 g/mol. The van der Waals surface area contributed by atoms with E-state index in [0.717, 1.165) is 6.54 Å². The number of nitrogens with one attached hydrogen (secondary N) is 1. The number of nitrogens with zero attached hydrogens (tertiary/aromatic N) is 1. The van der Waals surface area contributed by atoms with Crippen molar-refractivity contribution in [3.8, 4) is 0 Å². The highest BCUT2D eigenvalue weighted by atomic mass is 35.5. The van der Waals surface area contributed by atoms with Crippen LogP contribution in [0, 0.1) is 5.41 Å². The Kier molecular flexibility index (Phi) is 5.38. The molecule has 0 bridgehead atoms. The first-order valence-corrected chi connectivity index (χ1v) is 7.89. The van der Waals surface area contributed by atoms with E-state index in [-0.39, 0.29) is 15.3 Å². The molecule has 0 saturated carbocycles. The van der Waals surface area contributed by atoms with Crippen LogP contribution >= 0.6 is 11.6 Å². The Balaban J connectivity index is 2.80. The molecule has 19 heavy (non-hydrogen) atoms. The van der Waals surface area contributed by atoms with Gasteiger partial charge in [0.05, 0.1) is 5.02 Å². The zero-order valence-corrected chi connectivity index (χ0v) is 13.3. The van der Waals surface area contributed by atoms with Gasteiger partial charge in [-0.1, -0.05) is 37.6 Å². The molecule has 1 N–H and O–H groups in total. The zero-order chi connectivity index (χ0) is 14.7. The van der Waals surface area contributed by atoms with Crippen molar-refractivity contribution in [1.29, 1.82) is 0 Å². The summed E-state index contributed by atoms with van der Waals surface area (Å²) in [5.41, 5.74) is -0.155. The van der Waals surface area contributed by atoms with Gasteiger partial charge in [0.15, 0.2) is 0 Å². The van der Waals surface area contributed by atoms with E-state index < -0.39 is 10.0 Å². The molecule has 0 amide bonds. The van der Waals surface area contributed by atoms with E-state index in [0.29, 0.717) is 6.54 Å². The van der Waals surface area contributed by atoms with Crippen LogP contribution in [0.15, 0.2) is 29.2 Å². The fraction of sp³-hybridized carbons (Fsp3) is 0.538. The molecule has 4 nitrogen and oxygen atoms in total. The summed E-state index contributed by atoms with van der Waals surface area (Å²) in [5.74, 6) is 0. The van der Waals surface area contributed by atoms with E-state index in [9.17, 15) is 8.42 Å². The number of hydrogen-bond acceptors (Lipinski definition) is 3. The van der Waals surface area contributed by atoms with Crippen molar-refractivity contribution in [1.82, 2.24) is 9.62 Å². The van der Waals surface area contributed by atoms with Crippen molar-refractivity contribution in [3.05, 3.63) is 29.3 Å². The molecule has 0 aliphatic carbocycles. The summed E-state index contributed by atoms with van der Waals surface area (Å²) in [7, 11) is 0.365. The third-order valence-corrected chi connectivity index (χ3v) is 4.51. The first-order chi connectivity index (χ1) is 8.64. The molecule has 0 spiro atoms. The first kappa shape index (κ1) is 16.4. The fourth-order valence-electron chi connectivity index (χ4n) is 1.94. The third-order valence-electron chi connectivity index (χ3n) is 2.61. The van der Waals surface area contributed by atoms with E-state index in [1.165, 1.54) is 6.07 Å². The summed E-state index contributed by atoms with van der Waals surface area (Å²) in [6, 6.07) is 6.44. The number of benzene rings is 1. The molecular formula is C13H21ClN2O2S. The van der Waals surface area contributed by atoms with Gasteiger partial charge in [0, 0.05) is 13.1 Å². The van der Waals surface area contributed by atoms with Gasteiger partial charge in [-0.15, -0.1) is 0 Å². The summed E-state index contributed by atoms with van der Waals surface area (Å²) < 4.78 is 27.0. The molecule has 0 saturated heterocycles. The molecule has 1 rings (SSSR count). The second-order valence-corrected chi connectivity index (χ2v) is 7.80. The maximum Gasteiger partial charge on any atom is 0.242 e. The summed E-state index contributed by atoms with van der Waals surface area (Å²) >= 11 is 5.92. The summed E-state index contributed by atoms with van der Waals surface area (Å²) in [6.45, 7) is 5.18. The van der Waals surface area contributed by atoms with Gasteiger partial charge in [-0.25, -0.2) is 13.1 Å². The van der Waals surface area contributed by atoms with E-state index in [4.69, 9.17) is 11.6 Å². The van der Waals surface area contributed by atoms with Crippen LogP contribution in [0.4, 0.5) is 0 Å². The molecule has 1 aromatic carbocycles. The Bertz CT molecular complexity index is 527. The fourth-order valence-corrected chi connectivity index (χ4v) is 3.70. The molecule has 0 fully saturated rings. The number of sulfonamides is 1. The van der Waals surface area contributed by atoms with Crippen LogP contribution in [-0.4, -0.2) is 40.5 Å². The van der Waals surface area contributed by atoms with Gasteiger partial charge in [-0.3, -0.25) is 0 Å². The average Bonchev–Trinajstić information content (AvgIpc) is 2.25. The Labute approximate surface area is 120 Å². The van der Waals surface area contributed by atoms with E-state index in [1.807, 2.05) is 32.8 Å². The zero-order valence-electron chi connectivity index (χ0n) is 11.8. The van der Waals surface area contributed by atoms with E-state index >= 15 is 0 Å². The monoisotopic (exact) mass is 304 g/mol. The van der Waals surface area contributed by atoms with Gasteiger partial charge in [-0.05, 0) is 31.6 Å². The molecule has 0 aromatic heterocycles. The Morgan fingerprint density at radius 2 is 1.84 bits per heavy atom. The lowest BCUT2D eigenvalue weighted by Gasteiger charge is -2.28. The third kappa shape index (κ3) is 5.10. The maximum atomic E-state index is 12.2. The molecule has 0 aliphatic heterocycles. The molecule has 1 aromatic rings. The van der Waals surface area contributed by atoms with Crippen molar-refractivity contribution in [2.75, 3.05) is 27.2 Å². The van der Waals surface area contributed by atoms with Crippen molar-refractivity contribution >= 4 is 21.6 Å². The highest BCUT2D eigenvalue weighted by molar-refractivity contribution is 7.89. The lowest BCUT2D eigenvalue weighted by molar-refractivity contribution is 0.242. The lowest BCUT2D eigenvalue weighted by Crippen LogP contribution is -2.40. The molecule has 6 heteroatoms. The van der Waals surface area contributed by atoms with Crippen LogP contribution in [0.2, 0.25) is 5.02 Å². The molecule has 0 radical (unpaired) electrons. The van der Waals surface area contributed by atoms with Gasteiger partial charge in [0.25, 0.3) is 0 Å². The van der Waals surface area contributed by atoms with Crippen LogP contribution in [0.5, 0.6) is 0 Å². The van der Waals surface area contributed by atoms with Crippen molar-refractivity contribution in [3.63, 3.8) is 0 Å². The van der Waals surface area contributed by atoms with Gasteiger partial charge >= 0.3 is 0 Å². The van der Waals surface area contributed by atoms with E-state index in [2.05, 4.69) is 4.72 Å². The summed E-state index contributed by atoms with van der Waals surface area (Å²) in [6.07, 6.45) is 0. The van der Waals surface area contributed by atoms with Gasteiger partial charge < -0.3 is 4.90 Å². The average molecular weight is 305 g/mol. The van der Waals surface area contributed by atoms with Crippen LogP contribution in [0.3, 0.4) is 0 Å². The van der Waals surface area contributed by atoms with Crippen LogP contribution in [-0.2, 0) is 10.0 Å². The molecule has 0 atom stereocenters. The van der Waals surface area contributed by atoms with Gasteiger partial charge in [0.1, 0.15) is 4.90 Å². The summed E-state index contributed by atoms with van der Waals surface area (Å²) in [5, 5.41) is 0.236. The number of halogens is 1. The van der Waals surface area contributed by atoms with Gasteiger partial charge in [0.2, 0.25) is 10.0 Å². The minimum atomic E-state index is -3.56. The SMILES string of the molecule is CN(C)CC(C)(C)CNS(=O)(=O)c1ccccc1Cl. The Morgan fingerprint density at radius 3 is 2.37 bits per heavy atom. The normalized spacial score (nSPS) is 12.9. The van der Waals surface area contributed by atoms with Crippen molar-refractivity contribution in [2.45, 2.75) is 18.7 Å². The summed E-state index contributed by atoms with van der Waals surface area (Å²) in [4.78, 5) is 2.15. The highest BCUT2D eigenvalue weighted by Gasteiger charge is 2.24. The quantitative estimate of drug-likeness (QED) is 0.876. The molecule has 0 aliphatic rings. The lowest BCUT2D eigenvalue weighted by atomic mass is 9.93. The smallest absolute Gasteiger partial charge is 0.242 e. The highest BCUT2D eigenvalue weighted by Crippen LogP contribution is 2.21. The van der Waals surface area contributed by atoms with Crippen LogP contribution in [0.25, 0.3) is 0 Å². The second kappa shape index (κ2) is 6.22. The minimum Gasteiger partial charge on any atom is -0.309 e. The Hall–Kier alpha value is -0.620. The molecule has 0 heterocycles. The molecule has 0 unspecified atom stereocenters. The van der Waals surface area contributed by atoms with Gasteiger partial charge in [-0.2, -0.15) is 0 Å². The van der Waals surface area contributed by atoms with Crippen molar-refractivity contribution in [2.24, 2.45) is 5.41 Å². The largest absolute Gasteiger partial charge is 0.309 e. The topological polar surface area (TPSA) is 49.4 Å². The predicted octanol–water partition coefficient (Wildman–Crippen LogP) is 2.21. The van der Waals surface area contributed by atoms with Crippen molar-refractivity contribution < 1.29 is 8.42 Å². The Morgan fingerprint density at radius 1 is 1.26 bits per heavy atom. The second-order valence-electron chi connectivity index (χ2n) is 5.66. The minimum absolute atomic E-state index is 0.123.